The Bertz CT molecular complexity index is 523. The molecule has 0 aliphatic carbocycles. The maximum Gasteiger partial charge on any atom is 0.159 e. The lowest BCUT2D eigenvalue weighted by Crippen LogP contribution is -2.08. The van der Waals surface area contributed by atoms with E-state index in [1.165, 1.54) is 0 Å². The summed E-state index contributed by atoms with van der Waals surface area (Å²) in [5, 5.41) is 8.00. The molecule has 0 aliphatic rings. The van der Waals surface area contributed by atoms with E-state index >= 15 is 0 Å². The molecule has 6 heteroatoms. The fourth-order valence-corrected chi connectivity index (χ4v) is 1.66. The van der Waals surface area contributed by atoms with E-state index in [2.05, 4.69) is 27.3 Å². The summed E-state index contributed by atoms with van der Waals surface area (Å²) < 4.78 is 1.65. The average Bonchev–Trinajstić information content (AvgIpc) is 2.82. The summed E-state index contributed by atoms with van der Waals surface area (Å²) in [5.41, 5.74) is 0. The molecule has 0 spiro atoms. The summed E-state index contributed by atoms with van der Waals surface area (Å²) in [7, 11) is 0. The van der Waals surface area contributed by atoms with Crippen LogP contribution in [0.25, 0.3) is 5.82 Å². The lowest BCUT2D eigenvalue weighted by atomic mass is 10.4. The highest BCUT2D eigenvalue weighted by Crippen LogP contribution is 2.14. The number of hydrogen-bond acceptors (Lipinski definition) is 4. The van der Waals surface area contributed by atoms with Crippen LogP contribution in [0.2, 0.25) is 5.02 Å². The number of aryl methyl sites for hydroxylation is 1. The Morgan fingerprint density at radius 3 is 2.78 bits per heavy atom. The van der Waals surface area contributed by atoms with Crippen molar-refractivity contribution in [2.75, 3.05) is 11.9 Å². The van der Waals surface area contributed by atoms with Gasteiger partial charge in [-0.1, -0.05) is 25.4 Å². The molecule has 0 aromatic carbocycles. The van der Waals surface area contributed by atoms with E-state index in [1.54, 1.807) is 17.1 Å². The molecular weight excluding hydrogens is 250 g/mol. The molecule has 0 atom stereocenters. The fourth-order valence-electron chi connectivity index (χ4n) is 1.53. The lowest BCUT2D eigenvalue weighted by Gasteiger charge is -2.08. The largest absolute Gasteiger partial charge is 0.370 e. The second-order valence-electron chi connectivity index (χ2n) is 3.91. The summed E-state index contributed by atoms with van der Waals surface area (Å²) in [4.78, 5) is 8.86. The fraction of sp³-hybridized carbons (Fsp3) is 0.417. The van der Waals surface area contributed by atoms with E-state index < -0.39 is 0 Å². The number of nitrogens with zero attached hydrogens (tertiary/aromatic N) is 4. The molecule has 0 saturated heterocycles. The first-order chi connectivity index (χ1) is 8.72. The van der Waals surface area contributed by atoms with Gasteiger partial charge in [-0.15, -0.1) is 0 Å². The maximum atomic E-state index is 5.86. The standard InChI is InChI=1S/C12H16ClN5/c1-3-5-14-11-6-12(17-10(4-2)16-11)18-8-9(13)7-15-18/h6-8H,3-5H2,1-2H3,(H,14,16,17). The molecule has 2 aromatic heterocycles. The number of hydrogen-bond donors (Lipinski definition) is 1. The molecule has 2 aromatic rings. The molecule has 0 aliphatic heterocycles. The van der Waals surface area contributed by atoms with Crippen LogP contribution in [-0.4, -0.2) is 26.3 Å². The van der Waals surface area contributed by atoms with Crippen LogP contribution in [-0.2, 0) is 6.42 Å². The van der Waals surface area contributed by atoms with Gasteiger partial charge in [0.2, 0.25) is 0 Å². The van der Waals surface area contributed by atoms with E-state index in [1.807, 2.05) is 13.0 Å². The number of rotatable bonds is 5. The van der Waals surface area contributed by atoms with Crippen molar-refractivity contribution in [3.8, 4) is 5.82 Å². The minimum absolute atomic E-state index is 0.592. The van der Waals surface area contributed by atoms with E-state index in [-0.39, 0.29) is 0 Å². The van der Waals surface area contributed by atoms with E-state index in [0.717, 1.165) is 36.8 Å². The van der Waals surface area contributed by atoms with Crippen molar-refractivity contribution in [2.24, 2.45) is 0 Å². The smallest absolute Gasteiger partial charge is 0.159 e. The highest BCUT2D eigenvalue weighted by molar-refractivity contribution is 6.30. The van der Waals surface area contributed by atoms with Crippen molar-refractivity contribution < 1.29 is 0 Å². The Kier molecular flexibility index (Phi) is 4.15. The highest BCUT2D eigenvalue weighted by Gasteiger charge is 2.06. The Morgan fingerprint density at radius 1 is 1.33 bits per heavy atom. The number of anilines is 1. The van der Waals surface area contributed by atoms with Crippen LogP contribution in [0.4, 0.5) is 5.82 Å². The van der Waals surface area contributed by atoms with Gasteiger partial charge in [0.15, 0.2) is 5.82 Å². The number of aromatic nitrogens is 4. The first-order valence-corrected chi connectivity index (χ1v) is 6.43. The quantitative estimate of drug-likeness (QED) is 0.903. The van der Waals surface area contributed by atoms with Gasteiger partial charge in [0.25, 0.3) is 0 Å². The zero-order valence-corrected chi connectivity index (χ0v) is 11.3. The van der Waals surface area contributed by atoms with Crippen molar-refractivity contribution in [3.05, 3.63) is 29.3 Å². The summed E-state index contributed by atoms with van der Waals surface area (Å²) in [6, 6.07) is 1.87. The van der Waals surface area contributed by atoms with Crippen molar-refractivity contribution in [1.29, 1.82) is 0 Å². The molecule has 1 N–H and O–H groups in total. The third-order valence-electron chi connectivity index (χ3n) is 2.42. The van der Waals surface area contributed by atoms with Crippen LogP contribution < -0.4 is 5.32 Å². The SMILES string of the molecule is CCCNc1cc(-n2cc(Cl)cn2)nc(CC)n1. The average molecular weight is 266 g/mol. The van der Waals surface area contributed by atoms with Crippen molar-refractivity contribution >= 4 is 17.4 Å². The molecule has 5 nitrogen and oxygen atoms in total. The van der Waals surface area contributed by atoms with E-state index in [0.29, 0.717) is 5.02 Å². The molecule has 2 heterocycles. The van der Waals surface area contributed by atoms with Gasteiger partial charge in [0, 0.05) is 19.0 Å². The lowest BCUT2D eigenvalue weighted by molar-refractivity contribution is 0.811. The topological polar surface area (TPSA) is 55.6 Å². The van der Waals surface area contributed by atoms with Gasteiger partial charge in [-0.2, -0.15) is 5.10 Å². The Labute approximate surface area is 111 Å². The number of nitrogens with one attached hydrogen (secondary N) is 1. The normalized spacial score (nSPS) is 10.6. The second kappa shape index (κ2) is 5.82. The number of halogens is 1. The molecule has 96 valence electrons. The maximum absolute atomic E-state index is 5.86. The molecule has 0 unspecified atom stereocenters. The molecular formula is C12H16ClN5. The van der Waals surface area contributed by atoms with Gasteiger partial charge in [-0.3, -0.25) is 0 Å². The predicted molar refractivity (Wildman–Crippen MR) is 72.3 cm³/mol. The van der Waals surface area contributed by atoms with Crippen LogP contribution >= 0.6 is 11.6 Å². The van der Waals surface area contributed by atoms with Crippen LogP contribution in [0, 0.1) is 0 Å². The van der Waals surface area contributed by atoms with Crippen LogP contribution in [0.15, 0.2) is 18.5 Å². The van der Waals surface area contributed by atoms with Crippen molar-refractivity contribution in [1.82, 2.24) is 19.7 Å². The summed E-state index contributed by atoms with van der Waals surface area (Å²) in [6.07, 6.45) is 5.15. The molecule has 0 amide bonds. The Morgan fingerprint density at radius 2 is 2.17 bits per heavy atom. The molecule has 0 bridgehead atoms. The third kappa shape index (κ3) is 2.98. The zero-order chi connectivity index (χ0) is 13.0. The van der Waals surface area contributed by atoms with Crippen LogP contribution in [0.5, 0.6) is 0 Å². The van der Waals surface area contributed by atoms with Gasteiger partial charge < -0.3 is 5.32 Å². The van der Waals surface area contributed by atoms with E-state index in [9.17, 15) is 0 Å². The molecule has 0 fully saturated rings. The second-order valence-corrected chi connectivity index (χ2v) is 4.35. The summed E-state index contributed by atoms with van der Waals surface area (Å²) >= 11 is 5.86. The van der Waals surface area contributed by atoms with Crippen LogP contribution in [0.1, 0.15) is 26.1 Å². The van der Waals surface area contributed by atoms with Gasteiger partial charge in [-0.25, -0.2) is 14.6 Å². The van der Waals surface area contributed by atoms with E-state index in [4.69, 9.17) is 11.6 Å². The van der Waals surface area contributed by atoms with Gasteiger partial charge in [0.05, 0.1) is 17.4 Å². The zero-order valence-electron chi connectivity index (χ0n) is 10.5. The molecule has 18 heavy (non-hydrogen) atoms. The highest BCUT2D eigenvalue weighted by atomic mass is 35.5. The minimum Gasteiger partial charge on any atom is -0.370 e. The molecule has 2 rings (SSSR count). The minimum atomic E-state index is 0.592. The molecule has 0 radical (unpaired) electrons. The molecule has 0 saturated carbocycles. The Hall–Kier alpha value is -1.62. The predicted octanol–water partition coefficient (Wildman–Crippen LogP) is 2.70. The summed E-state index contributed by atoms with van der Waals surface area (Å²) in [6.45, 7) is 5.03. The van der Waals surface area contributed by atoms with Gasteiger partial charge >= 0.3 is 0 Å². The Balaban J connectivity index is 2.34. The van der Waals surface area contributed by atoms with Gasteiger partial charge in [0.1, 0.15) is 11.6 Å². The van der Waals surface area contributed by atoms with Crippen molar-refractivity contribution in [2.45, 2.75) is 26.7 Å². The summed E-state index contributed by atoms with van der Waals surface area (Å²) in [5.74, 6) is 2.34. The van der Waals surface area contributed by atoms with Crippen molar-refractivity contribution in [3.63, 3.8) is 0 Å². The first-order valence-electron chi connectivity index (χ1n) is 6.05. The van der Waals surface area contributed by atoms with Crippen LogP contribution in [0.3, 0.4) is 0 Å². The third-order valence-corrected chi connectivity index (χ3v) is 2.61. The van der Waals surface area contributed by atoms with Gasteiger partial charge in [-0.05, 0) is 6.42 Å². The first kappa shape index (κ1) is 12.8. The monoisotopic (exact) mass is 265 g/mol.